The summed E-state index contributed by atoms with van der Waals surface area (Å²) in [5, 5.41) is 12.5. The van der Waals surface area contributed by atoms with Crippen molar-refractivity contribution in [1.29, 1.82) is 0 Å². The number of hydrogen-bond donors (Lipinski definition) is 2. The summed E-state index contributed by atoms with van der Waals surface area (Å²) < 4.78 is 0. The van der Waals surface area contributed by atoms with E-state index in [0.717, 1.165) is 5.56 Å². The molecule has 1 aromatic rings. The Kier molecular flexibility index (Phi) is 5.99. The molecule has 0 heterocycles. The first-order valence-electron chi connectivity index (χ1n) is 5.70. The van der Waals surface area contributed by atoms with E-state index in [2.05, 4.69) is 5.32 Å². The summed E-state index contributed by atoms with van der Waals surface area (Å²) in [5.74, 6) is -0.208. The van der Waals surface area contributed by atoms with E-state index >= 15 is 0 Å². The van der Waals surface area contributed by atoms with Crippen molar-refractivity contribution in [3.63, 3.8) is 0 Å². The van der Waals surface area contributed by atoms with E-state index < -0.39 is 0 Å². The van der Waals surface area contributed by atoms with Crippen LogP contribution in [0.5, 0.6) is 0 Å². The molecule has 100 valence electrons. The summed E-state index contributed by atoms with van der Waals surface area (Å²) in [6, 6.07) is 5.21. The summed E-state index contributed by atoms with van der Waals surface area (Å²) in [4.78, 5) is 12.0. The Bertz CT molecular complexity index is 421. The zero-order valence-electron chi connectivity index (χ0n) is 10.7. The highest BCUT2D eigenvalue weighted by molar-refractivity contribution is 7.99. The fraction of sp³-hybridized carbons (Fsp3) is 0.462. The molecule has 0 saturated carbocycles. The van der Waals surface area contributed by atoms with Gasteiger partial charge in [-0.05, 0) is 37.8 Å². The van der Waals surface area contributed by atoms with Crippen LogP contribution in [0.15, 0.2) is 18.2 Å². The van der Waals surface area contributed by atoms with E-state index in [1.165, 1.54) is 11.8 Å². The second-order valence-electron chi connectivity index (χ2n) is 4.20. The zero-order valence-corrected chi connectivity index (χ0v) is 12.3. The van der Waals surface area contributed by atoms with Crippen LogP contribution in [0.25, 0.3) is 0 Å². The highest BCUT2D eigenvalue weighted by Gasteiger charge is 2.19. The summed E-state index contributed by atoms with van der Waals surface area (Å²) in [5.41, 5.74) is 1.48. The number of carbonyl (C=O) groups excluding carboxylic acids is 1. The van der Waals surface area contributed by atoms with Crippen LogP contribution >= 0.6 is 23.4 Å². The fourth-order valence-electron chi connectivity index (χ4n) is 1.62. The van der Waals surface area contributed by atoms with Crippen molar-refractivity contribution in [2.24, 2.45) is 0 Å². The van der Waals surface area contributed by atoms with Gasteiger partial charge >= 0.3 is 0 Å². The molecule has 5 heteroatoms. The minimum absolute atomic E-state index is 0.0156. The third-order valence-corrected chi connectivity index (χ3v) is 4.24. The predicted octanol–water partition coefficient (Wildman–Crippen LogP) is 2.49. The predicted molar refractivity (Wildman–Crippen MR) is 77.5 cm³/mol. The van der Waals surface area contributed by atoms with Crippen molar-refractivity contribution in [2.45, 2.75) is 25.1 Å². The largest absolute Gasteiger partial charge is 0.395 e. The molecule has 2 unspecified atom stereocenters. The summed E-state index contributed by atoms with van der Waals surface area (Å²) in [7, 11) is 0. The number of halogens is 1. The van der Waals surface area contributed by atoms with Crippen LogP contribution in [-0.2, 0) is 0 Å². The van der Waals surface area contributed by atoms with E-state index in [1.54, 1.807) is 12.1 Å². The topological polar surface area (TPSA) is 49.3 Å². The summed E-state index contributed by atoms with van der Waals surface area (Å²) in [6.45, 7) is 3.83. The Hall–Kier alpha value is -0.710. The standard InChI is InChI=1S/C13H18ClNO2S/c1-8-4-5-10(11(14)6-8)13(17)15-9(2)12(7-16)18-3/h4-6,9,12,16H,7H2,1-3H3,(H,15,17). The van der Waals surface area contributed by atoms with Gasteiger partial charge in [-0.2, -0.15) is 11.8 Å². The molecular formula is C13H18ClNO2S. The van der Waals surface area contributed by atoms with E-state index in [1.807, 2.05) is 26.2 Å². The molecule has 1 rings (SSSR count). The maximum absolute atomic E-state index is 12.0. The van der Waals surface area contributed by atoms with Crippen LogP contribution in [0.3, 0.4) is 0 Å². The number of rotatable bonds is 5. The number of carbonyl (C=O) groups is 1. The number of thioether (sulfide) groups is 1. The molecule has 1 aromatic carbocycles. The lowest BCUT2D eigenvalue weighted by Crippen LogP contribution is -2.41. The zero-order chi connectivity index (χ0) is 13.7. The maximum atomic E-state index is 12.0. The minimum Gasteiger partial charge on any atom is -0.395 e. The van der Waals surface area contributed by atoms with Gasteiger partial charge in [0.25, 0.3) is 5.91 Å². The molecular weight excluding hydrogens is 270 g/mol. The maximum Gasteiger partial charge on any atom is 0.253 e. The van der Waals surface area contributed by atoms with Gasteiger partial charge in [-0.25, -0.2) is 0 Å². The van der Waals surface area contributed by atoms with Crippen molar-refractivity contribution < 1.29 is 9.90 Å². The number of aliphatic hydroxyl groups is 1. The molecule has 2 atom stereocenters. The molecule has 2 N–H and O–H groups in total. The Morgan fingerprint density at radius 3 is 2.72 bits per heavy atom. The van der Waals surface area contributed by atoms with Crippen LogP contribution in [-0.4, -0.2) is 35.2 Å². The molecule has 0 aliphatic heterocycles. The normalized spacial score (nSPS) is 14.1. The first-order chi connectivity index (χ1) is 8.49. The minimum atomic E-state index is -0.208. The number of benzene rings is 1. The van der Waals surface area contributed by atoms with E-state index in [4.69, 9.17) is 11.6 Å². The van der Waals surface area contributed by atoms with Crippen LogP contribution in [0.2, 0.25) is 5.02 Å². The van der Waals surface area contributed by atoms with Gasteiger partial charge in [0, 0.05) is 11.3 Å². The molecule has 0 bridgehead atoms. The van der Waals surface area contributed by atoms with E-state index in [9.17, 15) is 9.90 Å². The van der Waals surface area contributed by atoms with Gasteiger partial charge in [0.1, 0.15) is 0 Å². The summed E-state index contributed by atoms with van der Waals surface area (Å²) in [6.07, 6.45) is 1.91. The SMILES string of the molecule is CSC(CO)C(C)NC(=O)c1ccc(C)cc1Cl. The van der Waals surface area contributed by atoms with Crippen molar-refractivity contribution in [3.05, 3.63) is 34.3 Å². The first-order valence-corrected chi connectivity index (χ1v) is 7.36. The van der Waals surface area contributed by atoms with Crippen LogP contribution in [0.4, 0.5) is 0 Å². The molecule has 0 spiro atoms. The fourth-order valence-corrected chi connectivity index (χ4v) is 2.56. The van der Waals surface area contributed by atoms with E-state index in [0.29, 0.717) is 10.6 Å². The molecule has 3 nitrogen and oxygen atoms in total. The molecule has 0 fully saturated rings. The molecule has 0 aromatic heterocycles. The Balaban J connectivity index is 2.76. The number of hydrogen-bond acceptors (Lipinski definition) is 3. The molecule has 18 heavy (non-hydrogen) atoms. The van der Waals surface area contributed by atoms with Crippen molar-refractivity contribution in [1.82, 2.24) is 5.32 Å². The lowest BCUT2D eigenvalue weighted by molar-refractivity contribution is 0.0936. The molecule has 0 radical (unpaired) electrons. The number of aryl methyl sites for hydroxylation is 1. The average Bonchev–Trinajstić information content (AvgIpc) is 2.30. The van der Waals surface area contributed by atoms with Crippen LogP contribution in [0.1, 0.15) is 22.8 Å². The van der Waals surface area contributed by atoms with Gasteiger partial charge < -0.3 is 10.4 Å². The van der Waals surface area contributed by atoms with Crippen LogP contribution in [0, 0.1) is 6.92 Å². The van der Waals surface area contributed by atoms with Gasteiger partial charge in [0.2, 0.25) is 0 Å². The third kappa shape index (κ3) is 3.90. The molecule has 0 aliphatic rings. The number of amides is 1. The first kappa shape index (κ1) is 15.3. The van der Waals surface area contributed by atoms with Crippen molar-refractivity contribution >= 4 is 29.3 Å². The van der Waals surface area contributed by atoms with Crippen molar-refractivity contribution in [3.8, 4) is 0 Å². The van der Waals surface area contributed by atoms with Gasteiger partial charge in [0.15, 0.2) is 0 Å². The Morgan fingerprint density at radius 1 is 1.56 bits per heavy atom. The third-order valence-electron chi connectivity index (χ3n) is 2.77. The number of nitrogens with one attached hydrogen (secondary N) is 1. The number of aliphatic hydroxyl groups excluding tert-OH is 1. The van der Waals surface area contributed by atoms with Crippen molar-refractivity contribution in [2.75, 3.05) is 12.9 Å². The highest BCUT2D eigenvalue weighted by Crippen LogP contribution is 2.18. The lowest BCUT2D eigenvalue weighted by Gasteiger charge is -2.21. The second kappa shape index (κ2) is 7.02. The van der Waals surface area contributed by atoms with Crippen LogP contribution < -0.4 is 5.32 Å². The molecule has 0 aliphatic carbocycles. The van der Waals surface area contributed by atoms with E-state index in [-0.39, 0.29) is 23.8 Å². The highest BCUT2D eigenvalue weighted by atomic mass is 35.5. The van der Waals surface area contributed by atoms with Gasteiger partial charge in [-0.1, -0.05) is 17.7 Å². The smallest absolute Gasteiger partial charge is 0.253 e. The Labute approximate surface area is 117 Å². The van der Waals surface area contributed by atoms with Gasteiger partial charge in [0.05, 0.1) is 17.2 Å². The average molecular weight is 288 g/mol. The summed E-state index contributed by atoms with van der Waals surface area (Å²) >= 11 is 7.56. The Morgan fingerprint density at radius 2 is 2.22 bits per heavy atom. The lowest BCUT2D eigenvalue weighted by atomic mass is 10.1. The second-order valence-corrected chi connectivity index (χ2v) is 5.69. The van der Waals surface area contributed by atoms with Gasteiger partial charge in [-0.3, -0.25) is 4.79 Å². The van der Waals surface area contributed by atoms with Gasteiger partial charge in [-0.15, -0.1) is 0 Å². The molecule has 1 amide bonds. The monoisotopic (exact) mass is 287 g/mol. The molecule has 0 saturated heterocycles. The quantitative estimate of drug-likeness (QED) is 0.875.